The second-order valence-corrected chi connectivity index (χ2v) is 6.95. The van der Waals surface area contributed by atoms with Crippen molar-refractivity contribution in [3.05, 3.63) is 58.1 Å². The predicted molar refractivity (Wildman–Crippen MR) is 96.4 cm³/mol. The van der Waals surface area contributed by atoms with Crippen LogP contribution < -0.4 is 10.1 Å². The van der Waals surface area contributed by atoms with E-state index in [-0.39, 0.29) is 60.3 Å². The molecule has 2 heterocycles. The molecule has 2 amide bonds. The molecule has 0 aromatic heterocycles. The highest BCUT2D eigenvalue weighted by Crippen LogP contribution is 2.32. The predicted octanol–water partition coefficient (Wildman–Crippen LogP) is 2.99. The van der Waals surface area contributed by atoms with E-state index in [4.69, 9.17) is 21.1 Å². The second kappa shape index (κ2) is 7.37. The molecule has 2 aliphatic rings. The number of ether oxygens (including phenoxy) is 2. The van der Waals surface area contributed by atoms with Crippen LogP contribution >= 0.6 is 11.6 Å². The number of likely N-dealkylation sites (tertiary alicyclic amines) is 1. The third kappa shape index (κ3) is 3.65. The summed E-state index contributed by atoms with van der Waals surface area (Å²) in [5, 5.41) is 2.82. The van der Waals surface area contributed by atoms with Crippen LogP contribution in [0.25, 0.3) is 0 Å². The van der Waals surface area contributed by atoms with Gasteiger partial charge in [-0.3, -0.25) is 9.59 Å². The average molecular weight is 409 g/mol. The van der Waals surface area contributed by atoms with Gasteiger partial charge in [0.15, 0.2) is 6.61 Å². The Morgan fingerprint density at radius 1 is 1.29 bits per heavy atom. The van der Waals surface area contributed by atoms with Crippen molar-refractivity contribution in [1.82, 2.24) is 4.90 Å². The molecule has 0 unspecified atom stereocenters. The Kier molecular flexibility index (Phi) is 4.91. The first-order valence-electron chi connectivity index (χ1n) is 8.51. The maximum absolute atomic E-state index is 14.3. The number of fused-ring (bicyclic) bond motifs is 1. The summed E-state index contributed by atoms with van der Waals surface area (Å²) in [6.45, 7) is 0.569. The van der Waals surface area contributed by atoms with Crippen molar-refractivity contribution in [2.75, 3.05) is 25.0 Å². The van der Waals surface area contributed by atoms with Gasteiger partial charge in [0.05, 0.1) is 24.0 Å². The summed E-state index contributed by atoms with van der Waals surface area (Å²) < 4.78 is 38.1. The van der Waals surface area contributed by atoms with Crippen molar-refractivity contribution in [2.45, 2.75) is 12.7 Å². The average Bonchev–Trinajstić information content (AvgIpc) is 2.61. The molecule has 9 heteroatoms. The van der Waals surface area contributed by atoms with E-state index >= 15 is 0 Å². The van der Waals surface area contributed by atoms with Crippen LogP contribution in [0, 0.1) is 11.6 Å². The van der Waals surface area contributed by atoms with Crippen molar-refractivity contribution in [3.63, 3.8) is 0 Å². The number of benzene rings is 2. The van der Waals surface area contributed by atoms with Crippen LogP contribution in [0.15, 0.2) is 30.3 Å². The molecule has 2 aliphatic heterocycles. The zero-order valence-electron chi connectivity index (χ0n) is 14.5. The van der Waals surface area contributed by atoms with Crippen LogP contribution in [0.2, 0.25) is 5.02 Å². The molecule has 2 aromatic rings. The van der Waals surface area contributed by atoms with E-state index in [0.29, 0.717) is 5.56 Å². The summed E-state index contributed by atoms with van der Waals surface area (Å²) >= 11 is 5.95. The van der Waals surface area contributed by atoms with Crippen LogP contribution in [-0.2, 0) is 16.1 Å². The maximum atomic E-state index is 14.3. The lowest BCUT2D eigenvalue weighted by Gasteiger charge is -2.39. The van der Waals surface area contributed by atoms with Crippen molar-refractivity contribution in [3.8, 4) is 5.75 Å². The molecule has 1 fully saturated rings. The summed E-state index contributed by atoms with van der Waals surface area (Å²) in [6, 6.07) is 6.40. The fourth-order valence-corrected chi connectivity index (χ4v) is 3.21. The van der Waals surface area contributed by atoms with Crippen LogP contribution in [0.4, 0.5) is 14.5 Å². The Bertz CT molecular complexity index is 963. The fraction of sp³-hybridized carbons (Fsp3) is 0.263. The molecular formula is C19H15ClF2N2O4. The maximum Gasteiger partial charge on any atom is 0.262 e. The van der Waals surface area contributed by atoms with Gasteiger partial charge in [-0.15, -0.1) is 0 Å². The Hall–Kier alpha value is -2.71. The molecule has 0 aliphatic carbocycles. The Labute approximate surface area is 164 Å². The fourth-order valence-electron chi connectivity index (χ4n) is 2.99. The van der Waals surface area contributed by atoms with Gasteiger partial charge < -0.3 is 19.7 Å². The van der Waals surface area contributed by atoms with E-state index in [2.05, 4.69) is 5.32 Å². The number of hydrogen-bond donors (Lipinski definition) is 1. The van der Waals surface area contributed by atoms with Crippen LogP contribution in [0.5, 0.6) is 5.75 Å². The first kappa shape index (κ1) is 18.6. The van der Waals surface area contributed by atoms with Gasteiger partial charge in [-0.1, -0.05) is 17.7 Å². The first-order valence-corrected chi connectivity index (χ1v) is 8.89. The number of carbonyl (C=O) groups is 2. The molecule has 0 bridgehead atoms. The molecule has 1 saturated heterocycles. The van der Waals surface area contributed by atoms with E-state index in [1.807, 2.05) is 0 Å². The number of amides is 2. The zero-order chi connectivity index (χ0) is 19.8. The highest BCUT2D eigenvalue weighted by molar-refractivity contribution is 6.31. The van der Waals surface area contributed by atoms with E-state index in [9.17, 15) is 18.4 Å². The zero-order valence-corrected chi connectivity index (χ0v) is 15.3. The van der Waals surface area contributed by atoms with Gasteiger partial charge in [-0.2, -0.15) is 0 Å². The number of carbonyl (C=O) groups excluding carboxylic acids is 2. The molecule has 2 aromatic carbocycles. The van der Waals surface area contributed by atoms with Gasteiger partial charge in [0.25, 0.3) is 11.8 Å². The van der Waals surface area contributed by atoms with Gasteiger partial charge in [0.2, 0.25) is 0 Å². The molecule has 146 valence electrons. The third-order valence-corrected chi connectivity index (χ3v) is 4.91. The van der Waals surface area contributed by atoms with Gasteiger partial charge in [-0.25, -0.2) is 8.78 Å². The standard InChI is InChI=1S/C19H15ClF2N2O4/c20-14-3-11(21)2-1-10(14)8-27-12-6-24(7-12)19(26)13-4-16-17(5-15(13)22)28-9-18(25)23-16/h1-5,12H,6-9H2,(H,23,25). The number of nitrogens with zero attached hydrogens (tertiary/aromatic N) is 1. The van der Waals surface area contributed by atoms with Gasteiger partial charge in [0, 0.05) is 24.2 Å². The number of nitrogens with one attached hydrogen (secondary N) is 1. The largest absolute Gasteiger partial charge is 0.481 e. The van der Waals surface area contributed by atoms with Crippen molar-refractivity contribution < 1.29 is 27.8 Å². The molecule has 0 radical (unpaired) electrons. The third-order valence-electron chi connectivity index (χ3n) is 4.56. The second-order valence-electron chi connectivity index (χ2n) is 6.54. The molecule has 6 nitrogen and oxygen atoms in total. The van der Waals surface area contributed by atoms with Gasteiger partial charge >= 0.3 is 0 Å². The minimum Gasteiger partial charge on any atom is -0.481 e. The Morgan fingerprint density at radius 2 is 2.07 bits per heavy atom. The SMILES string of the molecule is O=C1COc2cc(F)c(C(=O)N3CC(OCc4ccc(F)cc4Cl)C3)cc2N1. The summed E-state index contributed by atoms with van der Waals surface area (Å²) in [7, 11) is 0. The van der Waals surface area contributed by atoms with Crippen molar-refractivity contribution in [1.29, 1.82) is 0 Å². The van der Waals surface area contributed by atoms with E-state index in [1.54, 1.807) is 0 Å². The lowest BCUT2D eigenvalue weighted by molar-refractivity contribution is -0.118. The molecule has 0 spiro atoms. The van der Waals surface area contributed by atoms with Gasteiger partial charge in [0.1, 0.15) is 17.4 Å². The summed E-state index contributed by atoms with van der Waals surface area (Å²) in [4.78, 5) is 25.4. The topological polar surface area (TPSA) is 67.9 Å². The molecule has 0 saturated carbocycles. The van der Waals surface area contributed by atoms with E-state index in [0.717, 1.165) is 6.07 Å². The Balaban J connectivity index is 1.36. The summed E-state index contributed by atoms with van der Waals surface area (Å²) in [6.07, 6.45) is -0.228. The smallest absolute Gasteiger partial charge is 0.262 e. The monoisotopic (exact) mass is 408 g/mol. The number of rotatable bonds is 4. The molecular weight excluding hydrogens is 394 g/mol. The molecule has 28 heavy (non-hydrogen) atoms. The van der Waals surface area contributed by atoms with Crippen molar-refractivity contribution >= 4 is 29.1 Å². The first-order chi connectivity index (χ1) is 13.4. The Morgan fingerprint density at radius 3 is 2.82 bits per heavy atom. The molecule has 0 atom stereocenters. The number of halogens is 3. The van der Waals surface area contributed by atoms with E-state index in [1.165, 1.54) is 29.2 Å². The van der Waals surface area contributed by atoms with Gasteiger partial charge in [-0.05, 0) is 23.8 Å². The lowest BCUT2D eigenvalue weighted by atomic mass is 10.1. The van der Waals surface area contributed by atoms with Crippen molar-refractivity contribution in [2.24, 2.45) is 0 Å². The number of anilines is 1. The minimum absolute atomic E-state index is 0.149. The minimum atomic E-state index is -0.720. The van der Waals surface area contributed by atoms with Crippen LogP contribution in [0.1, 0.15) is 15.9 Å². The summed E-state index contributed by atoms with van der Waals surface area (Å²) in [5.41, 5.74) is 0.758. The lowest BCUT2D eigenvalue weighted by Crippen LogP contribution is -2.54. The molecule has 1 N–H and O–H groups in total. The summed E-state index contributed by atoms with van der Waals surface area (Å²) in [5.74, 6) is -1.82. The van der Waals surface area contributed by atoms with E-state index < -0.39 is 17.5 Å². The normalized spacial score (nSPS) is 16.1. The van der Waals surface area contributed by atoms with Crippen LogP contribution in [-0.4, -0.2) is 42.5 Å². The molecule has 4 rings (SSSR count). The van der Waals surface area contributed by atoms with Crippen LogP contribution in [0.3, 0.4) is 0 Å². The highest BCUT2D eigenvalue weighted by atomic mass is 35.5. The quantitative estimate of drug-likeness (QED) is 0.844. The highest BCUT2D eigenvalue weighted by Gasteiger charge is 2.34. The number of hydrogen-bond acceptors (Lipinski definition) is 4.